The standard InChI is InChI=1S/C8H15NO3S.C8H9NO/c1-5(2)3-7(10)9-6(4-13)8(11)12;1-6-4-2-3-5-7(6)8(9)10/h5-6,13H,3-4H2,1-2H3,(H,9,10)(H,11,12);2-5H,1H3,(H2,9,10)/t6-;/m0./s1. The van der Waals surface area contributed by atoms with Crippen LogP contribution in [-0.4, -0.2) is 34.7 Å². The fraction of sp³-hybridized carbons (Fsp3) is 0.438. The molecule has 0 saturated carbocycles. The number of carbonyl (C=O) groups is 3. The number of amides is 2. The van der Waals surface area contributed by atoms with Crippen molar-refractivity contribution >= 4 is 30.4 Å². The van der Waals surface area contributed by atoms with Crippen LogP contribution in [0.4, 0.5) is 0 Å². The van der Waals surface area contributed by atoms with E-state index in [-0.39, 0.29) is 23.5 Å². The first-order chi connectivity index (χ1) is 10.7. The molecule has 0 heterocycles. The molecule has 0 radical (unpaired) electrons. The smallest absolute Gasteiger partial charge is 0.327 e. The van der Waals surface area contributed by atoms with Gasteiger partial charge in [-0.15, -0.1) is 0 Å². The summed E-state index contributed by atoms with van der Waals surface area (Å²) in [5.74, 6) is -1.31. The van der Waals surface area contributed by atoms with Crippen molar-refractivity contribution in [3.8, 4) is 0 Å². The van der Waals surface area contributed by atoms with Crippen molar-refractivity contribution in [3.63, 3.8) is 0 Å². The number of carboxylic acid groups (broad SMARTS) is 1. The summed E-state index contributed by atoms with van der Waals surface area (Å²) in [5, 5.41) is 11.0. The highest BCUT2D eigenvalue weighted by atomic mass is 32.1. The van der Waals surface area contributed by atoms with Crippen LogP contribution in [0, 0.1) is 12.8 Å². The van der Waals surface area contributed by atoms with Gasteiger partial charge in [0.05, 0.1) is 0 Å². The van der Waals surface area contributed by atoms with Crippen LogP contribution in [0.5, 0.6) is 0 Å². The van der Waals surface area contributed by atoms with Gasteiger partial charge >= 0.3 is 5.97 Å². The fourth-order valence-corrected chi connectivity index (χ4v) is 1.91. The molecule has 1 atom stereocenters. The number of rotatable bonds is 6. The lowest BCUT2D eigenvalue weighted by molar-refractivity contribution is -0.141. The maximum absolute atomic E-state index is 11.1. The maximum atomic E-state index is 11.1. The summed E-state index contributed by atoms with van der Waals surface area (Å²) >= 11 is 3.82. The van der Waals surface area contributed by atoms with Gasteiger partial charge in [0.2, 0.25) is 11.8 Å². The second-order valence-electron chi connectivity index (χ2n) is 5.42. The number of carbonyl (C=O) groups excluding carboxylic acids is 2. The number of carboxylic acids is 1. The average molecular weight is 340 g/mol. The average Bonchev–Trinajstić information content (AvgIpc) is 2.44. The van der Waals surface area contributed by atoms with Gasteiger partial charge in [0.25, 0.3) is 0 Å². The third-order valence-electron chi connectivity index (χ3n) is 2.82. The molecule has 0 fully saturated rings. The number of aliphatic carboxylic acids is 1. The number of thiol groups is 1. The molecule has 1 aromatic rings. The van der Waals surface area contributed by atoms with Gasteiger partial charge in [-0.2, -0.15) is 12.6 Å². The van der Waals surface area contributed by atoms with E-state index in [0.717, 1.165) is 5.56 Å². The molecule has 0 spiro atoms. The number of primary amides is 1. The predicted molar refractivity (Wildman–Crippen MR) is 92.6 cm³/mol. The van der Waals surface area contributed by atoms with Gasteiger partial charge in [0.1, 0.15) is 6.04 Å². The zero-order valence-corrected chi connectivity index (χ0v) is 14.5. The quantitative estimate of drug-likeness (QED) is 0.590. The molecule has 0 aliphatic rings. The van der Waals surface area contributed by atoms with Crippen LogP contribution in [0.1, 0.15) is 36.2 Å². The Morgan fingerprint density at radius 1 is 1.26 bits per heavy atom. The van der Waals surface area contributed by atoms with Gasteiger partial charge in [0.15, 0.2) is 0 Å². The Morgan fingerprint density at radius 2 is 1.83 bits per heavy atom. The highest BCUT2D eigenvalue weighted by molar-refractivity contribution is 7.80. The lowest BCUT2D eigenvalue weighted by atomic mass is 10.1. The van der Waals surface area contributed by atoms with E-state index in [0.29, 0.717) is 12.0 Å². The lowest BCUT2D eigenvalue weighted by Gasteiger charge is -2.12. The van der Waals surface area contributed by atoms with Crippen LogP contribution in [0.3, 0.4) is 0 Å². The highest BCUT2D eigenvalue weighted by Crippen LogP contribution is 2.04. The molecule has 23 heavy (non-hydrogen) atoms. The monoisotopic (exact) mass is 340 g/mol. The van der Waals surface area contributed by atoms with Crippen LogP contribution in [-0.2, 0) is 9.59 Å². The third kappa shape index (κ3) is 8.87. The van der Waals surface area contributed by atoms with Crippen LogP contribution in [0.25, 0.3) is 0 Å². The Morgan fingerprint density at radius 3 is 2.17 bits per heavy atom. The number of hydrogen-bond acceptors (Lipinski definition) is 4. The Balaban J connectivity index is 0.000000433. The van der Waals surface area contributed by atoms with Crippen LogP contribution in [0.2, 0.25) is 0 Å². The van der Waals surface area contributed by atoms with E-state index in [1.54, 1.807) is 12.1 Å². The summed E-state index contributed by atoms with van der Waals surface area (Å²) < 4.78 is 0. The summed E-state index contributed by atoms with van der Waals surface area (Å²) in [6.07, 6.45) is 0.345. The molecule has 0 aliphatic heterocycles. The molecule has 0 saturated heterocycles. The Hall–Kier alpha value is -2.02. The minimum Gasteiger partial charge on any atom is -0.480 e. The first kappa shape index (κ1) is 21.0. The number of aryl methyl sites for hydroxylation is 1. The maximum Gasteiger partial charge on any atom is 0.327 e. The van der Waals surface area contributed by atoms with Gasteiger partial charge in [-0.25, -0.2) is 4.79 Å². The molecule has 2 amide bonds. The van der Waals surface area contributed by atoms with E-state index in [1.165, 1.54) is 0 Å². The number of nitrogens with two attached hydrogens (primary N) is 1. The zero-order chi connectivity index (χ0) is 18.0. The summed E-state index contributed by atoms with van der Waals surface area (Å²) in [6.45, 7) is 5.66. The van der Waals surface area contributed by atoms with E-state index in [4.69, 9.17) is 10.8 Å². The predicted octanol–water partition coefficient (Wildman–Crippen LogP) is 1.63. The molecule has 0 aliphatic carbocycles. The molecule has 0 unspecified atom stereocenters. The Labute approximate surface area is 141 Å². The molecule has 1 aromatic carbocycles. The van der Waals surface area contributed by atoms with Crippen LogP contribution < -0.4 is 11.1 Å². The lowest BCUT2D eigenvalue weighted by Crippen LogP contribution is -2.42. The van der Waals surface area contributed by atoms with Gasteiger partial charge in [-0.05, 0) is 24.5 Å². The molecule has 6 nitrogen and oxygen atoms in total. The summed E-state index contributed by atoms with van der Waals surface area (Å²) in [6, 6.07) is 6.38. The SMILES string of the molecule is CC(C)CC(=O)N[C@@H](CS)C(=O)O.Cc1ccccc1C(N)=O. The van der Waals surface area contributed by atoms with Gasteiger partial charge < -0.3 is 16.2 Å². The third-order valence-corrected chi connectivity index (χ3v) is 3.19. The van der Waals surface area contributed by atoms with Gasteiger partial charge in [0, 0.05) is 17.7 Å². The van der Waals surface area contributed by atoms with Gasteiger partial charge in [-0.3, -0.25) is 9.59 Å². The van der Waals surface area contributed by atoms with E-state index in [9.17, 15) is 14.4 Å². The largest absolute Gasteiger partial charge is 0.480 e. The van der Waals surface area contributed by atoms with Crippen molar-refractivity contribution < 1.29 is 19.5 Å². The Kier molecular flexibility index (Phi) is 9.73. The molecule has 0 bridgehead atoms. The number of benzene rings is 1. The van der Waals surface area contributed by atoms with E-state index < -0.39 is 12.0 Å². The first-order valence-electron chi connectivity index (χ1n) is 7.17. The van der Waals surface area contributed by atoms with Crippen LogP contribution >= 0.6 is 12.6 Å². The first-order valence-corrected chi connectivity index (χ1v) is 7.80. The highest BCUT2D eigenvalue weighted by Gasteiger charge is 2.17. The van der Waals surface area contributed by atoms with E-state index >= 15 is 0 Å². The molecule has 4 N–H and O–H groups in total. The summed E-state index contributed by atoms with van der Waals surface area (Å²) in [7, 11) is 0. The second-order valence-corrected chi connectivity index (χ2v) is 5.78. The second kappa shape index (κ2) is 10.7. The molecule has 0 aromatic heterocycles. The van der Waals surface area contributed by atoms with E-state index in [1.807, 2.05) is 32.9 Å². The molecule has 1 rings (SSSR count). The van der Waals surface area contributed by atoms with E-state index in [2.05, 4.69) is 17.9 Å². The van der Waals surface area contributed by atoms with Crippen LogP contribution in [0.15, 0.2) is 24.3 Å². The van der Waals surface area contributed by atoms with Crippen molar-refractivity contribution in [1.82, 2.24) is 5.32 Å². The fourth-order valence-electron chi connectivity index (χ4n) is 1.66. The van der Waals surface area contributed by atoms with Crippen molar-refractivity contribution in [2.45, 2.75) is 33.2 Å². The van der Waals surface area contributed by atoms with Crippen molar-refractivity contribution in [1.29, 1.82) is 0 Å². The number of nitrogens with one attached hydrogen (secondary N) is 1. The molecule has 128 valence electrons. The number of hydrogen-bond donors (Lipinski definition) is 4. The summed E-state index contributed by atoms with van der Waals surface area (Å²) in [4.78, 5) is 32.3. The Bertz CT molecular complexity index is 547. The van der Waals surface area contributed by atoms with Crippen molar-refractivity contribution in [3.05, 3.63) is 35.4 Å². The normalized spacial score (nSPS) is 11.2. The summed E-state index contributed by atoms with van der Waals surface area (Å²) in [5.41, 5.74) is 6.60. The minimum atomic E-state index is -1.05. The van der Waals surface area contributed by atoms with Gasteiger partial charge in [-0.1, -0.05) is 32.0 Å². The zero-order valence-electron chi connectivity index (χ0n) is 13.6. The minimum absolute atomic E-state index is 0.110. The van der Waals surface area contributed by atoms with Crippen molar-refractivity contribution in [2.24, 2.45) is 11.7 Å². The topological polar surface area (TPSA) is 109 Å². The van der Waals surface area contributed by atoms with Crippen molar-refractivity contribution in [2.75, 3.05) is 5.75 Å². The molecular formula is C16H24N2O4S. The molecular weight excluding hydrogens is 316 g/mol. The molecule has 7 heteroatoms.